The number of nitrogens with zero attached hydrogens (tertiary/aromatic N) is 2. The smallest absolute Gasteiger partial charge is 0.195 e. The minimum absolute atomic E-state index is 0.0253. The molecule has 2 heterocycles. The summed E-state index contributed by atoms with van der Waals surface area (Å²) in [5.41, 5.74) is -0.164. The summed E-state index contributed by atoms with van der Waals surface area (Å²) in [6.07, 6.45) is 0. The van der Waals surface area contributed by atoms with E-state index in [0.717, 1.165) is 17.5 Å². The SMILES string of the molecule is CCNc1nc(-c2ccc(F)c(F)c2F)nc2sccc12. The molecule has 3 rings (SSSR count). The number of nitrogens with one attached hydrogen (secondary N) is 1. The van der Waals surface area contributed by atoms with Crippen molar-refractivity contribution in [3.05, 3.63) is 41.0 Å². The zero-order chi connectivity index (χ0) is 15.0. The highest BCUT2D eigenvalue weighted by molar-refractivity contribution is 7.16. The van der Waals surface area contributed by atoms with E-state index in [1.165, 1.54) is 11.3 Å². The van der Waals surface area contributed by atoms with Gasteiger partial charge in [-0.25, -0.2) is 23.1 Å². The van der Waals surface area contributed by atoms with Gasteiger partial charge in [0.1, 0.15) is 10.6 Å². The number of rotatable bonds is 3. The van der Waals surface area contributed by atoms with E-state index in [2.05, 4.69) is 15.3 Å². The Hall–Kier alpha value is -2.15. The normalized spacial score (nSPS) is 11.0. The lowest BCUT2D eigenvalue weighted by atomic mass is 10.2. The molecular weight excluding hydrogens is 299 g/mol. The molecule has 0 aliphatic heterocycles. The Morgan fingerprint density at radius 3 is 2.67 bits per heavy atom. The van der Waals surface area contributed by atoms with Crippen LogP contribution in [-0.4, -0.2) is 16.5 Å². The number of aromatic nitrogens is 2. The topological polar surface area (TPSA) is 37.8 Å². The molecule has 0 aliphatic rings. The van der Waals surface area contributed by atoms with Crippen LogP contribution in [0.4, 0.5) is 19.0 Å². The minimum atomic E-state index is -1.52. The van der Waals surface area contributed by atoms with Crippen LogP contribution in [0.5, 0.6) is 0 Å². The molecule has 0 bridgehead atoms. The van der Waals surface area contributed by atoms with Crippen LogP contribution in [-0.2, 0) is 0 Å². The van der Waals surface area contributed by atoms with Gasteiger partial charge in [0, 0.05) is 6.54 Å². The first-order valence-electron chi connectivity index (χ1n) is 6.24. The predicted molar refractivity (Wildman–Crippen MR) is 76.9 cm³/mol. The van der Waals surface area contributed by atoms with E-state index < -0.39 is 17.5 Å². The average molecular weight is 309 g/mol. The van der Waals surface area contributed by atoms with Crippen molar-refractivity contribution < 1.29 is 13.2 Å². The van der Waals surface area contributed by atoms with Crippen LogP contribution < -0.4 is 5.32 Å². The van der Waals surface area contributed by atoms with Gasteiger partial charge in [-0.15, -0.1) is 11.3 Å². The van der Waals surface area contributed by atoms with Gasteiger partial charge in [0.25, 0.3) is 0 Å². The molecule has 0 atom stereocenters. The third-order valence-electron chi connectivity index (χ3n) is 2.95. The fourth-order valence-corrected chi connectivity index (χ4v) is 2.74. The molecule has 1 aromatic carbocycles. The van der Waals surface area contributed by atoms with E-state index in [0.29, 0.717) is 17.2 Å². The Labute approximate surface area is 122 Å². The van der Waals surface area contributed by atoms with E-state index in [1.54, 1.807) is 0 Å². The molecule has 3 nitrogen and oxygen atoms in total. The summed E-state index contributed by atoms with van der Waals surface area (Å²) in [7, 11) is 0. The highest BCUT2D eigenvalue weighted by Gasteiger charge is 2.18. The molecular formula is C14H10F3N3S. The Bertz CT molecular complexity index is 817. The molecule has 0 radical (unpaired) electrons. The number of benzene rings is 1. The first-order chi connectivity index (χ1) is 10.1. The van der Waals surface area contributed by atoms with Gasteiger partial charge in [0.15, 0.2) is 23.3 Å². The lowest BCUT2D eigenvalue weighted by molar-refractivity contribution is 0.448. The monoisotopic (exact) mass is 309 g/mol. The van der Waals surface area contributed by atoms with Crippen molar-refractivity contribution in [1.82, 2.24) is 9.97 Å². The highest BCUT2D eigenvalue weighted by atomic mass is 32.1. The van der Waals surface area contributed by atoms with Crippen LogP contribution in [0, 0.1) is 17.5 Å². The van der Waals surface area contributed by atoms with Crippen molar-refractivity contribution in [2.24, 2.45) is 0 Å². The highest BCUT2D eigenvalue weighted by Crippen LogP contribution is 2.30. The van der Waals surface area contributed by atoms with Gasteiger partial charge in [-0.1, -0.05) is 0 Å². The second kappa shape index (κ2) is 5.33. The summed E-state index contributed by atoms with van der Waals surface area (Å²) >= 11 is 1.37. The fraction of sp³-hybridized carbons (Fsp3) is 0.143. The standard InChI is InChI=1S/C14H10F3N3S/c1-2-18-12-8-5-6-21-14(8)20-13(19-12)7-3-4-9(15)11(17)10(7)16/h3-6H,2H2,1H3,(H,18,19,20). The quantitative estimate of drug-likeness (QED) is 0.737. The predicted octanol–water partition coefficient (Wildman–Crippen LogP) is 4.21. The third-order valence-corrected chi connectivity index (χ3v) is 3.75. The van der Waals surface area contributed by atoms with Crippen molar-refractivity contribution in [1.29, 1.82) is 0 Å². The summed E-state index contributed by atoms with van der Waals surface area (Å²) < 4.78 is 40.3. The molecule has 1 N–H and O–H groups in total. The molecule has 2 aromatic heterocycles. The second-order valence-electron chi connectivity index (χ2n) is 4.29. The number of hydrogen-bond acceptors (Lipinski definition) is 4. The molecule has 0 saturated heterocycles. The Morgan fingerprint density at radius 1 is 1.10 bits per heavy atom. The maximum atomic E-state index is 13.9. The van der Waals surface area contributed by atoms with E-state index in [-0.39, 0.29) is 11.4 Å². The van der Waals surface area contributed by atoms with Crippen molar-refractivity contribution in [2.75, 3.05) is 11.9 Å². The van der Waals surface area contributed by atoms with Crippen LogP contribution in [0.3, 0.4) is 0 Å². The molecule has 0 fully saturated rings. The zero-order valence-electron chi connectivity index (χ0n) is 11.0. The van der Waals surface area contributed by atoms with Crippen molar-refractivity contribution in [3.63, 3.8) is 0 Å². The van der Waals surface area contributed by atoms with Crippen molar-refractivity contribution in [2.45, 2.75) is 6.92 Å². The molecule has 0 spiro atoms. The van der Waals surface area contributed by atoms with Crippen LogP contribution in [0.25, 0.3) is 21.6 Å². The van der Waals surface area contributed by atoms with Gasteiger partial charge in [0.05, 0.1) is 10.9 Å². The number of halogens is 3. The molecule has 7 heteroatoms. The molecule has 0 unspecified atom stereocenters. The molecule has 0 saturated carbocycles. The molecule has 3 aromatic rings. The lowest BCUT2D eigenvalue weighted by Crippen LogP contribution is -2.03. The van der Waals surface area contributed by atoms with E-state index in [1.807, 2.05) is 18.4 Å². The van der Waals surface area contributed by atoms with Crippen molar-refractivity contribution >= 4 is 27.4 Å². The molecule has 0 amide bonds. The molecule has 108 valence electrons. The molecule has 0 aliphatic carbocycles. The average Bonchev–Trinajstić information content (AvgIpc) is 2.94. The fourth-order valence-electron chi connectivity index (χ4n) is 1.98. The van der Waals surface area contributed by atoms with Crippen LogP contribution in [0.15, 0.2) is 23.6 Å². The summed E-state index contributed by atoms with van der Waals surface area (Å²) in [5.74, 6) is -3.47. The number of thiophene rings is 1. The molecule has 21 heavy (non-hydrogen) atoms. The Morgan fingerprint density at radius 2 is 1.90 bits per heavy atom. The maximum absolute atomic E-state index is 13.9. The van der Waals surface area contributed by atoms with E-state index >= 15 is 0 Å². The number of hydrogen-bond donors (Lipinski definition) is 1. The summed E-state index contributed by atoms with van der Waals surface area (Å²) in [4.78, 5) is 9.09. The van der Waals surface area contributed by atoms with Gasteiger partial charge >= 0.3 is 0 Å². The van der Waals surface area contributed by atoms with E-state index in [4.69, 9.17) is 0 Å². The summed E-state index contributed by atoms with van der Waals surface area (Å²) in [6.45, 7) is 2.53. The van der Waals surface area contributed by atoms with Gasteiger partial charge in [-0.2, -0.15) is 0 Å². The number of anilines is 1. The Balaban J connectivity index is 2.23. The van der Waals surface area contributed by atoms with Crippen molar-refractivity contribution in [3.8, 4) is 11.4 Å². The zero-order valence-corrected chi connectivity index (χ0v) is 11.8. The largest absolute Gasteiger partial charge is 0.370 e. The first kappa shape index (κ1) is 13.8. The van der Waals surface area contributed by atoms with Gasteiger partial charge in [-0.3, -0.25) is 0 Å². The van der Waals surface area contributed by atoms with Gasteiger partial charge < -0.3 is 5.32 Å². The Kier molecular flexibility index (Phi) is 3.50. The maximum Gasteiger partial charge on any atom is 0.195 e. The van der Waals surface area contributed by atoms with Crippen LogP contribution in [0.2, 0.25) is 0 Å². The third kappa shape index (κ3) is 2.33. The summed E-state index contributed by atoms with van der Waals surface area (Å²) in [6, 6.07) is 3.85. The lowest BCUT2D eigenvalue weighted by Gasteiger charge is -2.08. The second-order valence-corrected chi connectivity index (χ2v) is 5.18. The van der Waals surface area contributed by atoms with Gasteiger partial charge in [0.2, 0.25) is 0 Å². The van der Waals surface area contributed by atoms with Crippen LogP contribution in [0.1, 0.15) is 6.92 Å². The minimum Gasteiger partial charge on any atom is -0.370 e. The summed E-state index contributed by atoms with van der Waals surface area (Å²) in [5, 5.41) is 5.71. The van der Waals surface area contributed by atoms with Crippen LogP contribution >= 0.6 is 11.3 Å². The van der Waals surface area contributed by atoms with E-state index in [9.17, 15) is 13.2 Å². The first-order valence-corrected chi connectivity index (χ1v) is 7.12. The van der Waals surface area contributed by atoms with Gasteiger partial charge in [-0.05, 0) is 30.5 Å². The number of fused-ring (bicyclic) bond motifs is 1.